The molecule has 0 heterocycles. The molecule has 84 valence electrons. The molecule has 6 nitrogen and oxygen atoms in total. The van der Waals surface area contributed by atoms with E-state index in [0.717, 1.165) is 5.69 Å². The van der Waals surface area contributed by atoms with Crippen molar-refractivity contribution < 1.29 is 9.59 Å². The minimum Gasteiger partial charge on any atom is -0.361 e. The van der Waals surface area contributed by atoms with E-state index in [1.54, 1.807) is 12.1 Å². The molecular weight excluding hydrogens is 228 g/mol. The van der Waals surface area contributed by atoms with E-state index in [2.05, 4.69) is 10.7 Å². The Morgan fingerprint density at radius 2 is 1.75 bits per heavy atom. The Balaban J connectivity index is 2.37. The highest BCUT2D eigenvalue weighted by Gasteiger charge is 2.07. The van der Waals surface area contributed by atoms with E-state index in [1.807, 2.05) is 23.6 Å². The van der Waals surface area contributed by atoms with Gasteiger partial charge in [0.25, 0.3) is 0 Å². The number of hydrogen-bond donors (Lipinski definition) is 4. The summed E-state index contributed by atoms with van der Waals surface area (Å²) < 4.78 is 0. The number of nitrogens with one attached hydrogen (secondary N) is 3. The maximum Gasteiger partial charge on any atom is 0.327 e. The average molecular weight is 238 g/mol. The molecule has 0 bridgehead atoms. The Bertz CT molecular complexity index is 407. The van der Waals surface area contributed by atoms with Crippen LogP contribution in [0.15, 0.2) is 30.3 Å². The van der Waals surface area contributed by atoms with Crippen molar-refractivity contribution >= 4 is 34.8 Å². The summed E-state index contributed by atoms with van der Waals surface area (Å²) >= 11 is 4.85. The molecule has 1 aromatic carbocycles. The largest absolute Gasteiger partial charge is 0.361 e. The lowest BCUT2D eigenvalue weighted by molar-refractivity contribution is -0.137. The van der Waals surface area contributed by atoms with Gasteiger partial charge in [-0.1, -0.05) is 18.2 Å². The Kier molecular flexibility index (Phi) is 4.22. The van der Waals surface area contributed by atoms with E-state index < -0.39 is 11.8 Å². The van der Waals surface area contributed by atoms with E-state index in [1.165, 1.54) is 0 Å². The maximum absolute atomic E-state index is 10.8. The van der Waals surface area contributed by atoms with Crippen molar-refractivity contribution in [1.82, 2.24) is 10.9 Å². The molecule has 0 aliphatic rings. The van der Waals surface area contributed by atoms with E-state index in [9.17, 15) is 9.59 Å². The molecule has 0 radical (unpaired) electrons. The van der Waals surface area contributed by atoms with Gasteiger partial charge in [-0.3, -0.25) is 20.4 Å². The molecule has 0 aliphatic carbocycles. The lowest BCUT2D eigenvalue weighted by Gasteiger charge is -2.09. The molecule has 0 saturated heterocycles. The SMILES string of the molecule is NC(=O)C(=O)NNC(=S)Nc1ccccc1. The first-order valence-electron chi connectivity index (χ1n) is 4.31. The molecule has 0 aromatic heterocycles. The summed E-state index contributed by atoms with van der Waals surface area (Å²) in [5.74, 6) is -2.05. The predicted molar refractivity (Wildman–Crippen MR) is 63.1 cm³/mol. The van der Waals surface area contributed by atoms with Gasteiger partial charge in [0.15, 0.2) is 5.11 Å². The minimum absolute atomic E-state index is 0.154. The fourth-order valence-corrected chi connectivity index (χ4v) is 1.03. The molecule has 0 unspecified atom stereocenters. The van der Waals surface area contributed by atoms with Crippen molar-refractivity contribution in [3.05, 3.63) is 30.3 Å². The number of hydrazine groups is 1. The van der Waals surface area contributed by atoms with Crippen molar-refractivity contribution in [2.24, 2.45) is 5.73 Å². The molecule has 5 N–H and O–H groups in total. The molecule has 1 rings (SSSR count). The third kappa shape index (κ3) is 3.93. The fraction of sp³-hybridized carbons (Fsp3) is 0. The van der Waals surface area contributed by atoms with Crippen LogP contribution in [0.1, 0.15) is 0 Å². The van der Waals surface area contributed by atoms with Gasteiger partial charge < -0.3 is 11.1 Å². The number of benzene rings is 1. The maximum atomic E-state index is 10.8. The monoisotopic (exact) mass is 238 g/mol. The van der Waals surface area contributed by atoms with Gasteiger partial charge in [0.2, 0.25) is 0 Å². The van der Waals surface area contributed by atoms with Crippen molar-refractivity contribution in [2.45, 2.75) is 0 Å². The predicted octanol–water partition coefficient (Wildman–Crippen LogP) is -0.510. The first-order valence-corrected chi connectivity index (χ1v) is 4.72. The number of thiocarbonyl (C=S) groups is 1. The third-order valence-corrected chi connectivity index (χ3v) is 1.75. The number of carbonyl (C=O) groups is 2. The van der Waals surface area contributed by atoms with Crippen LogP contribution < -0.4 is 21.9 Å². The molecular formula is C9H10N4O2S. The van der Waals surface area contributed by atoms with Gasteiger partial charge in [-0.05, 0) is 24.4 Å². The van der Waals surface area contributed by atoms with Crippen LogP contribution in [0.5, 0.6) is 0 Å². The zero-order chi connectivity index (χ0) is 12.0. The summed E-state index contributed by atoms with van der Waals surface area (Å²) in [4.78, 5) is 21.1. The molecule has 0 spiro atoms. The summed E-state index contributed by atoms with van der Waals surface area (Å²) in [6.45, 7) is 0. The van der Waals surface area contributed by atoms with Gasteiger partial charge in [-0.2, -0.15) is 0 Å². The summed E-state index contributed by atoms with van der Waals surface area (Å²) in [6, 6.07) is 9.10. The van der Waals surface area contributed by atoms with Crippen molar-refractivity contribution in [3.8, 4) is 0 Å². The summed E-state index contributed by atoms with van der Waals surface area (Å²) in [7, 11) is 0. The quantitative estimate of drug-likeness (QED) is 0.300. The minimum atomic E-state index is -1.09. The molecule has 0 aliphatic heterocycles. The Labute approximate surface area is 97.2 Å². The van der Waals surface area contributed by atoms with E-state index >= 15 is 0 Å². The molecule has 0 saturated carbocycles. The number of para-hydroxylation sites is 1. The zero-order valence-electron chi connectivity index (χ0n) is 8.19. The lowest BCUT2D eigenvalue weighted by Crippen LogP contribution is -2.48. The number of hydrogen-bond acceptors (Lipinski definition) is 3. The Morgan fingerprint density at radius 1 is 1.12 bits per heavy atom. The summed E-state index contributed by atoms with van der Waals surface area (Å²) in [5, 5.41) is 2.94. The van der Waals surface area contributed by atoms with Gasteiger partial charge in [0, 0.05) is 5.69 Å². The zero-order valence-corrected chi connectivity index (χ0v) is 9.01. The van der Waals surface area contributed by atoms with Gasteiger partial charge in [0.05, 0.1) is 0 Å². The molecule has 0 atom stereocenters. The van der Waals surface area contributed by atoms with Crippen LogP contribution in [0, 0.1) is 0 Å². The van der Waals surface area contributed by atoms with Crippen LogP contribution in [-0.2, 0) is 9.59 Å². The molecule has 7 heteroatoms. The molecule has 2 amide bonds. The van der Waals surface area contributed by atoms with Crippen LogP contribution in [0.25, 0.3) is 0 Å². The number of anilines is 1. The first kappa shape index (κ1) is 11.9. The second-order valence-corrected chi connectivity index (χ2v) is 3.17. The van der Waals surface area contributed by atoms with E-state index in [0.29, 0.717) is 0 Å². The number of primary amides is 1. The fourth-order valence-electron chi connectivity index (χ4n) is 0.859. The lowest BCUT2D eigenvalue weighted by atomic mass is 10.3. The second kappa shape index (κ2) is 5.66. The van der Waals surface area contributed by atoms with E-state index in [-0.39, 0.29) is 5.11 Å². The van der Waals surface area contributed by atoms with Gasteiger partial charge >= 0.3 is 11.8 Å². The first-order chi connectivity index (χ1) is 7.59. The highest BCUT2D eigenvalue weighted by atomic mass is 32.1. The summed E-state index contributed by atoms with van der Waals surface area (Å²) in [5.41, 5.74) is 9.84. The molecule has 16 heavy (non-hydrogen) atoms. The Hall–Kier alpha value is -2.15. The average Bonchev–Trinajstić information content (AvgIpc) is 2.27. The Morgan fingerprint density at radius 3 is 2.31 bits per heavy atom. The van der Waals surface area contributed by atoms with Crippen LogP contribution >= 0.6 is 12.2 Å². The smallest absolute Gasteiger partial charge is 0.327 e. The topological polar surface area (TPSA) is 96.2 Å². The second-order valence-electron chi connectivity index (χ2n) is 2.76. The van der Waals surface area contributed by atoms with Gasteiger partial charge in [-0.25, -0.2) is 0 Å². The van der Waals surface area contributed by atoms with Crippen molar-refractivity contribution in [3.63, 3.8) is 0 Å². The molecule has 0 fully saturated rings. The number of amides is 2. The van der Waals surface area contributed by atoms with Crippen molar-refractivity contribution in [1.29, 1.82) is 0 Å². The molecule has 1 aromatic rings. The number of rotatable bonds is 1. The van der Waals surface area contributed by atoms with Crippen LogP contribution in [0.2, 0.25) is 0 Å². The van der Waals surface area contributed by atoms with Gasteiger partial charge in [-0.15, -0.1) is 0 Å². The summed E-state index contributed by atoms with van der Waals surface area (Å²) in [6.07, 6.45) is 0. The van der Waals surface area contributed by atoms with E-state index in [4.69, 9.17) is 18.0 Å². The van der Waals surface area contributed by atoms with Crippen molar-refractivity contribution in [2.75, 3.05) is 5.32 Å². The van der Waals surface area contributed by atoms with Crippen LogP contribution in [-0.4, -0.2) is 16.9 Å². The van der Waals surface area contributed by atoms with Gasteiger partial charge in [0.1, 0.15) is 0 Å². The van der Waals surface area contributed by atoms with Crippen LogP contribution in [0.3, 0.4) is 0 Å². The number of carbonyl (C=O) groups excluding carboxylic acids is 2. The standard InChI is InChI=1S/C9H10N4O2S/c10-7(14)8(15)12-13-9(16)11-6-4-2-1-3-5-6/h1-5H,(H2,10,14)(H,12,15)(H2,11,13,16). The highest BCUT2D eigenvalue weighted by Crippen LogP contribution is 2.03. The normalized spacial score (nSPS) is 9.00. The highest BCUT2D eigenvalue weighted by molar-refractivity contribution is 7.80. The third-order valence-electron chi connectivity index (χ3n) is 1.55. The van der Waals surface area contributed by atoms with Crippen LogP contribution in [0.4, 0.5) is 5.69 Å². The number of nitrogens with two attached hydrogens (primary N) is 1.